The number of hydrogen-bond donors (Lipinski definition) is 3. The third kappa shape index (κ3) is 2.09. The van der Waals surface area contributed by atoms with Crippen molar-refractivity contribution < 1.29 is 19.8 Å². The maximum atomic E-state index is 12.7. The van der Waals surface area contributed by atoms with Gasteiger partial charge < -0.3 is 15.9 Å². The molecule has 0 spiro atoms. The molecule has 2 fully saturated rings. The predicted octanol–water partition coefficient (Wildman–Crippen LogP) is 2.13. The molecule has 0 aliphatic heterocycles. The van der Waals surface area contributed by atoms with Gasteiger partial charge in [0.25, 0.3) is 0 Å². The van der Waals surface area contributed by atoms with E-state index in [9.17, 15) is 19.8 Å². The number of carbonyl (C=O) groups is 2. The Morgan fingerprint density at radius 3 is 2.68 bits per heavy atom. The van der Waals surface area contributed by atoms with Crippen LogP contribution >= 0.6 is 11.6 Å². The van der Waals surface area contributed by atoms with Gasteiger partial charge in [0.1, 0.15) is 5.60 Å². The molecule has 0 aromatic carbocycles. The Hall–Kier alpha value is -1.01. The maximum Gasteiger partial charge on any atom is 0.178 e. The molecule has 0 bridgehead atoms. The van der Waals surface area contributed by atoms with Crippen LogP contribution in [0.25, 0.3) is 0 Å². The molecule has 2 saturated carbocycles. The average Bonchev–Trinajstić information content (AvgIpc) is 2.84. The summed E-state index contributed by atoms with van der Waals surface area (Å²) in [4.78, 5) is 23.7. The molecule has 8 unspecified atom stereocenters. The highest BCUT2D eigenvalue weighted by Crippen LogP contribution is 2.70. The topological polar surface area (TPSA) is 101 Å². The van der Waals surface area contributed by atoms with Gasteiger partial charge in [0.15, 0.2) is 11.6 Å². The zero-order chi connectivity index (χ0) is 20.7. The number of alkyl halides is 1. The second-order valence-electron chi connectivity index (χ2n) is 9.79. The van der Waals surface area contributed by atoms with Gasteiger partial charge in [0.05, 0.1) is 17.5 Å². The van der Waals surface area contributed by atoms with Gasteiger partial charge >= 0.3 is 0 Å². The number of fused-ring (bicyclic) bond motifs is 5. The maximum absolute atomic E-state index is 12.7. The van der Waals surface area contributed by atoms with Crippen molar-refractivity contribution >= 4 is 23.2 Å². The molecule has 0 saturated heterocycles. The first kappa shape index (κ1) is 20.3. The molecule has 0 aromatic heterocycles. The Morgan fingerprint density at radius 1 is 1.36 bits per heavy atom. The second kappa shape index (κ2) is 6.00. The van der Waals surface area contributed by atoms with E-state index in [4.69, 9.17) is 17.3 Å². The highest BCUT2D eigenvalue weighted by atomic mass is 35.5. The van der Waals surface area contributed by atoms with Gasteiger partial charge in [-0.15, -0.1) is 11.6 Å². The van der Waals surface area contributed by atoms with E-state index in [1.807, 2.05) is 26.8 Å². The number of halogens is 1. The van der Waals surface area contributed by atoms with Crippen LogP contribution in [0.15, 0.2) is 23.8 Å². The van der Waals surface area contributed by atoms with Crippen LogP contribution in [0.4, 0.5) is 0 Å². The van der Waals surface area contributed by atoms with Crippen LogP contribution in [0.5, 0.6) is 0 Å². The first-order valence-electron chi connectivity index (χ1n) is 10.2. The molecule has 6 heteroatoms. The van der Waals surface area contributed by atoms with E-state index < -0.39 is 27.4 Å². The van der Waals surface area contributed by atoms with Gasteiger partial charge in [-0.2, -0.15) is 0 Å². The number of rotatable bonds is 2. The van der Waals surface area contributed by atoms with Crippen molar-refractivity contribution in [2.45, 2.75) is 63.0 Å². The van der Waals surface area contributed by atoms with Crippen molar-refractivity contribution in [3.8, 4) is 0 Å². The molecule has 0 radical (unpaired) electrons. The van der Waals surface area contributed by atoms with Crippen molar-refractivity contribution in [1.82, 2.24) is 0 Å². The van der Waals surface area contributed by atoms with Crippen LogP contribution in [0.1, 0.15) is 46.5 Å². The highest BCUT2D eigenvalue weighted by molar-refractivity contribution is 6.26. The fraction of sp³-hybridized carbons (Fsp3) is 0.727. The van der Waals surface area contributed by atoms with Crippen LogP contribution in [-0.4, -0.2) is 44.9 Å². The standard InChI is InChI=1S/C22H30ClNO4/c1-12-8-16-15-5-4-13-9-14(25)6-7-19(13,2)21(15,23)17(26)10-20(16,3)22(12,28)18(27)11-24/h4,6-7,12,15-17,26,28H,5,8-11,24H2,1-3H3. The first-order valence-corrected chi connectivity index (χ1v) is 10.6. The first-order chi connectivity index (χ1) is 13.0. The predicted molar refractivity (Wildman–Crippen MR) is 107 cm³/mol. The Balaban J connectivity index is 1.85. The molecule has 154 valence electrons. The van der Waals surface area contributed by atoms with E-state index in [-0.39, 0.29) is 42.3 Å². The van der Waals surface area contributed by atoms with Gasteiger partial charge in [0.2, 0.25) is 0 Å². The van der Waals surface area contributed by atoms with Crippen molar-refractivity contribution in [3.05, 3.63) is 23.8 Å². The minimum absolute atomic E-state index is 0.0236. The number of ketones is 2. The zero-order valence-corrected chi connectivity index (χ0v) is 17.5. The second-order valence-corrected chi connectivity index (χ2v) is 10.4. The number of Topliss-reactive ketones (excluding diaryl/α,β-unsaturated/α-hetero) is 1. The summed E-state index contributed by atoms with van der Waals surface area (Å²) in [5.41, 5.74) is 3.63. The van der Waals surface area contributed by atoms with Crippen molar-refractivity contribution in [2.24, 2.45) is 34.3 Å². The van der Waals surface area contributed by atoms with Crippen molar-refractivity contribution in [1.29, 1.82) is 0 Å². The van der Waals surface area contributed by atoms with Crippen LogP contribution in [0.3, 0.4) is 0 Å². The summed E-state index contributed by atoms with van der Waals surface area (Å²) >= 11 is 7.33. The number of carbonyl (C=O) groups excluding carboxylic acids is 2. The largest absolute Gasteiger partial charge is 0.391 e. The fourth-order valence-corrected chi connectivity index (χ4v) is 7.71. The molecule has 4 aliphatic carbocycles. The molecule has 8 atom stereocenters. The van der Waals surface area contributed by atoms with Crippen LogP contribution in [0.2, 0.25) is 0 Å². The quantitative estimate of drug-likeness (QED) is 0.481. The van der Waals surface area contributed by atoms with E-state index in [0.717, 1.165) is 5.57 Å². The molecule has 4 N–H and O–H groups in total. The molecular formula is C22H30ClNO4. The van der Waals surface area contributed by atoms with Crippen molar-refractivity contribution in [2.75, 3.05) is 6.54 Å². The lowest BCUT2D eigenvalue weighted by Gasteiger charge is -2.63. The smallest absolute Gasteiger partial charge is 0.178 e. The summed E-state index contributed by atoms with van der Waals surface area (Å²) < 4.78 is 0. The monoisotopic (exact) mass is 407 g/mol. The normalized spacial score (nSPS) is 52.5. The van der Waals surface area contributed by atoms with Crippen LogP contribution in [0, 0.1) is 28.6 Å². The molecule has 0 amide bonds. The van der Waals surface area contributed by atoms with E-state index in [2.05, 4.69) is 6.08 Å². The third-order valence-electron chi connectivity index (χ3n) is 8.80. The van der Waals surface area contributed by atoms with E-state index in [1.165, 1.54) is 0 Å². The van der Waals surface area contributed by atoms with Gasteiger partial charge in [-0.05, 0) is 43.1 Å². The number of aliphatic hydroxyl groups excluding tert-OH is 1. The van der Waals surface area contributed by atoms with Gasteiger partial charge in [-0.25, -0.2) is 0 Å². The van der Waals surface area contributed by atoms with Gasteiger partial charge in [-0.3, -0.25) is 9.59 Å². The van der Waals surface area contributed by atoms with E-state index >= 15 is 0 Å². The minimum atomic E-state index is -1.56. The lowest BCUT2D eigenvalue weighted by Crippen LogP contribution is -2.68. The summed E-state index contributed by atoms with van der Waals surface area (Å²) in [5, 5.41) is 22.9. The lowest BCUT2D eigenvalue weighted by molar-refractivity contribution is -0.174. The molecule has 0 heterocycles. The Bertz CT molecular complexity index is 808. The Labute approximate surface area is 171 Å². The molecule has 4 rings (SSSR count). The number of allylic oxidation sites excluding steroid dienone is 4. The van der Waals surface area contributed by atoms with Gasteiger partial charge in [0, 0.05) is 17.3 Å². The molecular weight excluding hydrogens is 378 g/mol. The Kier molecular flexibility index (Phi) is 4.35. The van der Waals surface area contributed by atoms with Gasteiger partial charge in [-0.1, -0.05) is 38.5 Å². The summed E-state index contributed by atoms with van der Waals surface area (Å²) in [5.74, 6) is -0.705. The van der Waals surface area contributed by atoms with Crippen LogP contribution < -0.4 is 5.73 Å². The number of aliphatic hydroxyl groups is 2. The number of nitrogens with two attached hydrogens (primary N) is 1. The molecule has 0 aromatic rings. The highest BCUT2D eigenvalue weighted by Gasteiger charge is 2.74. The van der Waals surface area contributed by atoms with Crippen molar-refractivity contribution in [3.63, 3.8) is 0 Å². The summed E-state index contributed by atoms with van der Waals surface area (Å²) in [6.07, 6.45) is 6.46. The zero-order valence-electron chi connectivity index (χ0n) is 16.7. The summed E-state index contributed by atoms with van der Waals surface area (Å²) in [6, 6.07) is 0. The Morgan fingerprint density at radius 2 is 2.04 bits per heavy atom. The van der Waals surface area contributed by atoms with E-state index in [0.29, 0.717) is 19.3 Å². The van der Waals surface area contributed by atoms with E-state index in [1.54, 1.807) is 6.08 Å². The third-order valence-corrected chi connectivity index (χ3v) is 9.72. The lowest BCUT2D eigenvalue weighted by atomic mass is 9.46. The SMILES string of the molecule is CC1CC2C3CC=C4CC(=O)C=CC4(C)C3(Cl)C(O)CC2(C)C1(O)C(=O)CN. The average molecular weight is 408 g/mol. The minimum Gasteiger partial charge on any atom is -0.391 e. The fourth-order valence-electron chi connectivity index (χ4n) is 7.20. The molecule has 5 nitrogen and oxygen atoms in total. The number of hydrogen-bond acceptors (Lipinski definition) is 5. The summed E-state index contributed by atoms with van der Waals surface area (Å²) in [7, 11) is 0. The summed E-state index contributed by atoms with van der Waals surface area (Å²) in [6.45, 7) is 5.59. The molecule has 28 heavy (non-hydrogen) atoms. The van der Waals surface area contributed by atoms with Crippen LogP contribution in [-0.2, 0) is 9.59 Å². The molecule has 4 aliphatic rings.